The van der Waals surface area contributed by atoms with E-state index in [1.54, 1.807) is 0 Å². The fourth-order valence-corrected chi connectivity index (χ4v) is 4.89. The number of halogens is 3. The van der Waals surface area contributed by atoms with Gasteiger partial charge in [-0.2, -0.15) is 13.2 Å². The lowest BCUT2D eigenvalue weighted by molar-refractivity contribution is -0.137. The number of Topliss-reactive ketones (excluding diaryl/α,β-unsaturated/α-hetero) is 1. The Bertz CT molecular complexity index is 929. The van der Waals surface area contributed by atoms with Gasteiger partial charge in [-0.25, -0.2) is 4.79 Å². The fraction of sp³-hybridized carbons (Fsp3) is 0.440. The Labute approximate surface area is 185 Å². The van der Waals surface area contributed by atoms with Crippen molar-refractivity contribution in [2.24, 2.45) is 5.92 Å². The highest BCUT2D eigenvalue weighted by Crippen LogP contribution is 2.38. The number of carbonyl (C=O) groups is 2. The average molecular weight is 445 g/mol. The normalized spacial score (nSPS) is 23.0. The summed E-state index contributed by atoms with van der Waals surface area (Å²) < 4.78 is 43.8. The molecule has 2 aromatic carbocycles. The van der Waals surface area contributed by atoms with Crippen LogP contribution in [-0.2, 0) is 28.7 Å². The Hall–Kier alpha value is -2.83. The van der Waals surface area contributed by atoms with E-state index in [1.807, 2.05) is 35.2 Å². The van der Waals surface area contributed by atoms with Crippen molar-refractivity contribution in [2.75, 3.05) is 0 Å². The van der Waals surface area contributed by atoms with Crippen LogP contribution in [0.15, 0.2) is 54.6 Å². The first-order chi connectivity index (χ1) is 15.3. The van der Waals surface area contributed by atoms with E-state index in [1.165, 1.54) is 12.1 Å². The summed E-state index contributed by atoms with van der Waals surface area (Å²) in [4.78, 5) is 27.5. The highest BCUT2D eigenvalue weighted by Gasteiger charge is 2.43. The van der Waals surface area contributed by atoms with E-state index in [4.69, 9.17) is 4.74 Å². The Morgan fingerprint density at radius 3 is 2.12 bits per heavy atom. The van der Waals surface area contributed by atoms with Crippen LogP contribution in [-0.4, -0.2) is 28.9 Å². The second-order valence-electron chi connectivity index (χ2n) is 8.69. The van der Waals surface area contributed by atoms with Gasteiger partial charge < -0.3 is 9.64 Å². The van der Waals surface area contributed by atoms with Crippen molar-refractivity contribution in [2.45, 2.75) is 63.4 Å². The van der Waals surface area contributed by atoms with Crippen LogP contribution in [0.4, 0.5) is 18.0 Å². The van der Waals surface area contributed by atoms with Gasteiger partial charge in [-0.3, -0.25) is 4.79 Å². The van der Waals surface area contributed by atoms with Crippen LogP contribution in [0.25, 0.3) is 0 Å². The molecule has 0 aliphatic carbocycles. The summed E-state index contributed by atoms with van der Waals surface area (Å²) in [5, 5.41) is 0. The molecule has 2 bridgehead atoms. The van der Waals surface area contributed by atoms with E-state index >= 15 is 0 Å². The quantitative estimate of drug-likeness (QED) is 0.586. The second-order valence-corrected chi connectivity index (χ2v) is 8.69. The van der Waals surface area contributed by atoms with Crippen molar-refractivity contribution in [3.63, 3.8) is 0 Å². The summed E-state index contributed by atoms with van der Waals surface area (Å²) in [6, 6.07) is 14.2. The lowest BCUT2D eigenvalue weighted by atomic mass is 9.76. The van der Waals surface area contributed by atoms with Crippen molar-refractivity contribution in [3.8, 4) is 0 Å². The number of hydrogen-bond donors (Lipinski definition) is 0. The molecule has 2 unspecified atom stereocenters. The number of carbonyl (C=O) groups excluding carboxylic acids is 2. The average Bonchev–Trinajstić information content (AvgIpc) is 2.77. The zero-order chi connectivity index (χ0) is 22.7. The number of piperidine rings is 2. The zero-order valence-corrected chi connectivity index (χ0v) is 17.7. The third kappa shape index (κ3) is 5.14. The summed E-state index contributed by atoms with van der Waals surface area (Å²) >= 11 is 0. The summed E-state index contributed by atoms with van der Waals surface area (Å²) in [5.74, 6) is -0.162. The highest BCUT2D eigenvalue weighted by molar-refractivity contribution is 5.84. The monoisotopic (exact) mass is 445 g/mol. The van der Waals surface area contributed by atoms with Crippen LogP contribution in [0.2, 0.25) is 0 Å². The molecule has 2 atom stereocenters. The summed E-state index contributed by atoms with van der Waals surface area (Å²) in [7, 11) is 0. The molecule has 4 nitrogen and oxygen atoms in total. The van der Waals surface area contributed by atoms with Gasteiger partial charge in [0.25, 0.3) is 0 Å². The predicted octanol–water partition coefficient (Wildman–Crippen LogP) is 5.79. The second kappa shape index (κ2) is 9.35. The highest BCUT2D eigenvalue weighted by atomic mass is 19.4. The van der Waals surface area contributed by atoms with E-state index in [9.17, 15) is 22.8 Å². The maximum Gasteiger partial charge on any atom is 0.416 e. The molecular weight excluding hydrogens is 419 g/mol. The van der Waals surface area contributed by atoms with E-state index in [-0.39, 0.29) is 42.9 Å². The van der Waals surface area contributed by atoms with Gasteiger partial charge in [0, 0.05) is 24.4 Å². The molecule has 0 saturated carbocycles. The lowest BCUT2D eigenvalue weighted by Crippen LogP contribution is -2.55. The number of ether oxygens (including phenoxy) is 1. The molecule has 2 aromatic rings. The maximum absolute atomic E-state index is 12.9. The van der Waals surface area contributed by atoms with Gasteiger partial charge in [-0.05, 0) is 55.4 Å². The topological polar surface area (TPSA) is 46.6 Å². The number of hydrogen-bond acceptors (Lipinski definition) is 3. The van der Waals surface area contributed by atoms with Crippen molar-refractivity contribution < 1.29 is 27.5 Å². The fourth-order valence-electron chi connectivity index (χ4n) is 4.89. The summed E-state index contributed by atoms with van der Waals surface area (Å²) in [5.41, 5.74) is 0.788. The maximum atomic E-state index is 12.9. The summed E-state index contributed by atoms with van der Waals surface area (Å²) in [6.45, 7) is 0.214. The molecule has 0 spiro atoms. The molecule has 2 heterocycles. The van der Waals surface area contributed by atoms with Crippen LogP contribution in [0.1, 0.15) is 48.8 Å². The van der Waals surface area contributed by atoms with E-state index in [0.29, 0.717) is 18.4 Å². The minimum Gasteiger partial charge on any atom is -0.445 e. The van der Waals surface area contributed by atoms with Crippen LogP contribution < -0.4 is 0 Å². The molecule has 32 heavy (non-hydrogen) atoms. The molecule has 2 aliphatic rings. The van der Waals surface area contributed by atoms with Crippen LogP contribution in [0.3, 0.4) is 0 Å². The Morgan fingerprint density at radius 1 is 0.906 bits per heavy atom. The molecule has 0 aromatic heterocycles. The molecular formula is C25H26F3NO3. The number of benzene rings is 2. The number of alkyl halides is 3. The number of ketones is 1. The predicted molar refractivity (Wildman–Crippen MR) is 113 cm³/mol. The number of rotatable bonds is 5. The van der Waals surface area contributed by atoms with E-state index < -0.39 is 11.7 Å². The Kier molecular flexibility index (Phi) is 6.53. The van der Waals surface area contributed by atoms with Crippen LogP contribution in [0, 0.1) is 5.92 Å². The molecule has 7 heteroatoms. The van der Waals surface area contributed by atoms with Crippen molar-refractivity contribution in [1.29, 1.82) is 0 Å². The molecule has 4 rings (SSSR count). The van der Waals surface area contributed by atoms with Crippen molar-refractivity contribution in [1.82, 2.24) is 4.90 Å². The first-order valence-electron chi connectivity index (χ1n) is 11.0. The van der Waals surface area contributed by atoms with Gasteiger partial charge in [0.1, 0.15) is 12.4 Å². The van der Waals surface area contributed by atoms with Crippen LogP contribution in [0.5, 0.6) is 0 Å². The molecule has 170 valence electrons. The number of fused-ring (bicyclic) bond motifs is 2. The third-order valence-corrected chi connectivity index (χ3v) is 6.51. The Balaban J connectivity index is 1.36. The smallest absolute Gasteiger partial charge is 0.416 e. The largest absolute Gasteiger partial charge is 0.445 e. The first kappa shape index (κ1) is 22.4. The summed E-state index contributed by atoms with van der Waals surface area (Å²) in [6.07, 6.45) is -0.771. The molecule has 1 amide bonds. The lowest BCUT2D eigenvalue weighted by Gasteiger charge is -2.47. The van der Waals surface area contributed by atoms with Gasteiger partial charge in [0.2, 0.25) is 0 Å². The van der Waals surface area contributed by atoms with Crippen molar-refractivity contribution >= 4 is 11.9 Å². The molecule has 2 saturated heterocycles. The van der Waals surface area contributed by atoms with E-state index in [2.05, 4.69) is 0 Å². The van der Waals surface area contributed by atoms with Crippen molar-refractivity contribution in [3.05, 3.63) is 71.3 Å². The third-order valence-electron chi connectivity index (χ3n) is 6.51. The molecule has 2 aliphatic heterocycles. The standard InChI is InChI=1S/C25H26F3NO3/c26-25(27,28)20-11-9-17(10-12-20)13-23(30)19-14-21-7-4-8-22(15-19)29(21)24(31)32-16-18-5-2-1-3-6-18/h1-3,5-6,9-12,19,21-22H,4,7-8,13-16H2. The van der Waals surface area contributed by atoms with E-state index in [0.717, 1.165) is 37.0 Å². The molecule has 2 fully saturated rings. The number of amides is 1. The van der Waals surface area contributed by atoms with Gasteiger partial charge in [-0.15, -0.1) is 0 Å². The molecule has 0 N–H and O–H groups in total. The number of nitrogens with zero attached hydrogens (tertiary/aromatic N) is 1. The van der Waals surface area contributed by atoms with Gasteiger partial charge in [0.05, 0.1) is 5.56 Å². The van der Waals surface area contributed by atoms with Gasteiger partial charge in [-0.1, -0.05) is 42.5 Å². The molecule has 0 radical (unpaired) electrons. The zero-order valence-electron chi connectivity index (χ0n) is 17.7. The van der Waals surface area contributed by atoms with Crippen LogP contribution >= 0.6 is 0 Å². The minimum atomic E-state index is -4.39. The minimum absolute atomic E-state index is 0.0268. The first-order valence-corrected chi connectivity index (χ1v) is 11.0. The SMILES string of the molecule is O=C(Cc1ccc(C(F)(F)F)cc1)C1CC2CCCC(C1)N2C(=O)OCc1ccccc1. The van der Waals surface area contributed by atoms with Gasteiger partial charge >= 0.3 is 12.3 Å². The Morgan fingerprint density at radius 2 is 1.53 bits per heavy atom. The van der Waals surface area contributed by atoms with Gasteiger partial charge in [0.15, 0.2) is 0 Å².